The number of hydrogen-bond acceptors (Lipinski definition) is 2. The summed E-state index contributed by atoms with van der Waals surface area (Å²) in [5, 5.41) is 5.25. The molecular formula is C12H13Cl2N2OP. The molecule has 2 rings (SSSR count). The second-order valence-electron chi connectivity index (χ2n) is 3.65. The van der Waals surface area contributed by atoms with Crippen LogP contribution in [0.3, 0.4) is 0 Å². The van der Waals surface area contributed by atoms with E-state index >= 15 is 0 Å². The summed E-state index contributed by atoms with van der Waals surface area (Å²) in [6.45, 7) is 3.07. The van der Waals surface area contributed by atoms with Crippen molar-refractivity contribution < 1.29 is 4.74 Å². The van der Waals surface area contributed by atoms with Gasteiger partial charge in [-0.2, -0.15) is 5.10 Å². The van der Waals surface area contributed by atoms with Crippen molar-refractivity contribution in [3.8, 4) is 11.6 Å². The molecule has 0 aliphatic heterocycles. The first kappa shape index (κ1) is 13.7. The number of para-hydroxylation sites is 1. The fourth-order valence-electron chi connectivity index (χ4n) is 1.70. The molecule has 0 N–H and O–H groups in total. The van der Waals surface area contributed by atoms with Gasteiger partial charge in [0.1, 0.15) is 6.63 Å². The van der Waals surface area contributed by atoms with Gasteiger partial charge < -0.3 is 4.74 Å². The Morgan fingerprint density at radius 1 is 1.28 bits per heavy atom. The molecule has 0 unspecified atom stereocenters. The Labute approximate surface area is 117 Å². The van der Waals surface area contributed by atoms with Gasteiger partial charge in [-0.05, 0) is 26.0 Å². The van der Waals surface area contributed by atoms with Gasteiger partial charge in [-0.15, -0.1) is 0 Å². The van der Waals surface area contributed by atoms with Crippen LogP contribution in [-0.4, -0.2) is 16.4 Å². The van der Waals surface area contributed by atoms with Crippen molar-refractivity contribution >= 4 is 34.4 Å². The van der Waals surface area contributed by atoms with Crippen LogP contribution in [0.2, 0.25) is 0 Å². The topological polar surface area (TPSA) is 27.1 Å². The Balaban J connectivity index is 2.57. The molecule has 0 radical (unpaired) electrons. The number of hydrogen-bond donors (Lipinski definition) is 0. The maximum atomic E-state index is 6.05. The first-order valence-electron chi connectivity index (χ1n) is 5.54. The fraction of sp³-hybridized carbons (Fsp3) is 0.250. The van der Waals surface area contributed by atoms with Gasteiger partial charge in [0.05, 0.1) is 23.3 Å². The molecule has 0 atom stereocenters. The highest BCUT2D eigenvalue weighted by molar-refractivity contribution is 8.09. The first-order chi connectivity index (χ1) is 8.65. The molecule has 6 heteroatoms. The van der Waals surface area contributed by atoms with Crippen molar-refractivity contribution in [3.05, 3.63) is 36.0 Å². The van der Waals surface area contributed by atoms with E-state index < -0.39 is 6.63 Å². The molecule has 0 spiro atoms. The second-order valence-corrected chi connectivity index (χ2v) is 7.11. The van der Waals surface area contributed by atoms with Crippen LogP contribution in [0, 0.1) is 6.92 Å². The van der Waals surface area contributed by atoms with Gasteiger partial charge in [0, 0.05) is 0 Å². The summed E-state index contributed by atoms with van der Waals surface area (Å²) in [7, 11) is 0. The van der Waals surface area contributed by atoms with Gasteiger partial charge in [-0.25, -0.2) is 4.68 Å². The number of benzene rings is 1. The molecule has 0 aliphatic carbocycles. The summed E-state index contributed by atoms with van der Waals surface area (Å²) >= 11 is 12.1. The minimum atomic E-state index is -1.28. The molecule has 18 heavy (non-hydrogen) atoms. The average Bonchev–Trinajstić information content (AvgIpc) is 2.68. The molecule has 0 fully saturated rings. The molecule has 1 aromatic heterocycles. The van der Waals surface area contributed by atoms with Crippen LogP contribution in [0.25, 0.3) is 5.69 Å². The van der Waals surface area contributed by atoms with Crippen molar-refractivity contribution in [3.63, 3.8) is 0 Å². The Kier molecular flexibility index (Phi) is 4.50. The molecule has 3 nitrogen and oxygen atoms in total. The van der Waals surface area contributed by atoms with Crippen LogP contribution in [-0.2, 0) is 0 Å². The van der Waals surface area contributed by atoms with Crippen molar-refractivity contribution in [2.24, 2.45) is 0 Å². The average molecular weight is 303 g/mol. The van der Waals surface area contributed by atoms with E-state index in [1.807, 2.05) is 44.2 Å². The van der Waals surface area contributed by atoms with E-state index in [-0.39, 0.29) is 0 Å². The molecule has 0 saturated carbocycles. The highest BCUT2D eigenvalue weighted by atomic mass is 35.9. The number of nitrogens with zero attached hydrogens (tertiary/aromatic N) is 2. The van der Waals surface area contributed by atoms with Gasteiger partial charge in [-0.3, -0.25) is 0 Å². The Morgan fingerprint density at radius 2 is 1.94 bits per heavy atom. The van der Waals surface area contributed by atoms with Gasteiger partial charge in [0.2, 0.25) is 5.88 Å². The third kappa shape index (κ3) is 2.64. The number of aryl methyl sites for hydroxylation is 1. The quantitative estimate of drug-likeness (QED) is 0.798. The molecule has 1 heterocycles. The van der Waals surface area contributed by atoms with Crippen LogP contribution < -0.4 is 10.0 Å². The van der Waals surface area contributed by atoms with Gasteiger partial charge in [-0.1, -0.05) is 40.7 Å². The first-order valence-corrected chi connectivity index (χ1v) is 8.69. The van der Waals surface area contributed by atoms with Gasteiger partial charge in [0.15, 0.2) is 0 Å². The lowest BCUT2D eigenvalue weighted by Crippen LogP contribution is -2.08. The zero-order valence-corrected chi connectivity index (χ0v) is 12.5. The zero-order valence-electron chi connectivity index (χ0n) is 10.1. The molecule has 96 valence electrons. The van der Waals surface area contributed by atoms with E-state index in [0.717, 1.165) is 16.7 Å². The Morgan fingerprint density at radius 3 is 2.50 bits per heavy atom. The van der Waals surface area contributed by atoms with E-state index in [9.17, 15) is 0 Å². The molecule has 1 aromatic carbocycles. The lowest BCUT2D eigenvalue weighted by Gasteiger charge is -2.09. The molecule has 0 saturated heterocycles. The van der Waals surface area contributed by atoms with Crippen LogP contribution in [0.4, 0.5) is 0 Å². The SMILES string of the molecule is CCOc1c(P(Cl)Cl)c(C)nn1-c1ccccc1. The number of rotatable bonds is 4. The lowest BCUT2D eigenvalue weighted by atomic mass is 10.3. The second kappa shape index (κ2) is 5.92. The summed E-state index contributed by atoms with van der Waals surface area (Å²) in [4.78, 5) is 0. The maximum absolute atomic E-state index is 6.05. The van der Waals surface area contributed by atoms with E-state index in [1.54, 1.807) is 4.68 Å². The van der Waals surface area contributed by atoms with Crippen molar-refractivity contribution in [2.45, 2.75) is 13.8 Å². The Bertz CT molecular complexity index is 528. The maximum Gasteiger partial charge on any atom is 0.227 e. The van der Waals surface area contributed by atoms with Crippen molar-refractivity contribution in [1.82, 2.24) is 9.78 Å². The molecular weight excluding hydrogens is 290 g/mol. The normalized spacial score (nSPS) is 10.9. The summed E-state index contributed by atoms with van der Waals surface area (Å²) in [6, 6.07) is 9.78. The minimum absolute atomic E-state index is 0.544. The van der Waals surface area contributed by atoms with E-state index in [0.29, 0.717) is 12.5 Å². The smallest absolute Gasteiger partial charge is 0.227 e. The van der Waals surface area contributed by atoms with Gasteiger partial charge in [0.25, 0.3) is 0 Å². The lowest BCUT2D eigenvalue weighted by molar-refractivity contribution is 0.319. The highest BCUT2D eigenvalue weighted by Crippen LogP contribution is 2.49. The molecule has 2 aromatic rings. The van der Waals surface area contributed by atoms with Crippen molar-refractivity contribution in [1.29, 1.82) is 0 Å². The van der Waals surface area contributed by atoms with Gasteiger partial charge >= 0.3 is 0 Å². The van der Waals surface area contributed by atoms with E-state index in [1.165, 1.54) is 0 Å². The van der Waals surface area contributed by atoms with Crippen LogP contribution in [0.5, 0.6) is 5.88 Å². The third-order valence-electron chi connectivity index (χ3n) is 2.44. The summed E-state index contributed by atoms with van der Waals surface area (Å²) in [6.07, 6.45) is 0. The number of halogens is 2. The fourth-order valence-corrected chi connectivity index (χ4v) is 3.46. The van der Waals surface area contributed by atoms with Crippen LogP contribution in [0.15, 0.2) is 30.3 Å². The number of ether oxygens (including phenoxy) is 1. The standard InChI is InChI=1S/C12H13Cl2N2OP/c1-3-17-12-11(18(13)14)9(2)15-16(12)10-7-5-4-6-8-10/h4-8H,3H2,1-2H3. The number of aromatic nitrogens is 2. The summed E-state index contributed by atoms with van der Waals surface area (Å²) < 4.78 is 7.40. The zero-order chi connectivity index (χ0) is 13.1. The summed E-state index contributed by atoms with van der Waals surface area (Å²) in [5.41, 5.74) is 1.74. The highest BCUT2D eigenvalue weighted by Gasteiger charge is 2.22. The predicted octanol–water partition coefficient (Wildman–Crippen LogP) is 3.99. The summed E-state index contributed by atoms with van der Waals surface area (Å²) in [5.74, 6) is 0.636. The predicted molar refractivity (Wildman–Crippen MR) is 77.7 cm³/mol. The van der Waals surface area contributed by atoms with Crippen LogP contribution in [0.1, 0.15) is 12.6 Å². The monoisotopic (exact) mass is 302 g/mol. The van der Waals surface area contributed by atoms with E-state index in [2.05, 4.69) is 5.10 Å². The molecule has 0 bridgehead atoms. The van der Waals surface area contributed by atoms with Crippen LogP contribution >= 0.6 is 29.1 Å². The molecule has 0 amide bonds. The minimum Gasteiger partial charge on any atom is -0.477 e. The molecule has 0 aliphatic rings. The third-order valence-corrected chi connectivity index (χ3v) is 4.31. The Hall–Kier alpha value is -0.760. The largest absolute Gasteiger partial charge is 0.477 e. The van der Waals surface area contributed by atoms with Crippen molar-refractivity contribution in [2.75, 3.05) is 6.61 Å². The van der Waals surface area contributed by atoms with E-state index in [4.69, 9.17) is 27.2 Å².